The molecular weight excluding hydrogens is 763 g/mol. The molecule has 13 rings (SSSR count). The van der Waals surface area contributed by atoms with Gasteiger partial charge in [0.25, 0.3) is 0 Å². The third kappa shape index (κ3) is 5.82. The van der Waals surface area contributed by atoms with Crippen molar-refractivity contribution in [3.8, 4) is 50.2 Å². The summed E-state index contributed by atoms with van der Waals surface area (Å²) in [6.07, 6.45) is 3.56. The van der Waals surface area contributed by atoms with Crippen molar-refractivity contribution in [1.82, 2.24) is 14.5 Å². The zero-order chi connectivity index (χ0) is 41.4. The Morgan fingerprint density at radius 2 is 0.651 bits per heavy atom. The molecule has 2 heterocycles. The van der Waals surface area contributed by atoms with Crippen LogP contribution >= 0.6 is 0 Å². The first-order chi connectivity index (χ1) is 31.2. The minimum absolute atomic E-state index is 0.943. The van der Waals surface area contributed by atoms with Gasteiger partial charge in [-0.25, -0.2) is 0 Å². The van der Waals surface area contributed by atoms with Crippen molar-refractivity contribution in [1.29, 1.82) is 0 Å². The third-order valence-corrected chi connectivity index (χ3v) is 13.0. The molecule has 13 aromatic rings. The fourth-order valence-electron chi connectivity index (χ4n) is 9.88. The van der Waals surface area contributed by atoms with E-state index in [1.807, 2.05) is 0 Å². The summed E-state index contributed by atoms with van der Waals surface area (Å²) < 4.78 is 2.37. The molecule has 0 atom stereocenters. The van der Waals surface area contributed by atoms with Gasteiger partial charge in [-0.05, 0) is 137 Å². The summed E-state index contributed by atoms with van der Waals surface area (Å²) in [4.78, 5) is 9.43. The van der Waals surface area contributed by atoms with Gasteiger partial charge in [0.1, 0.15) is 0 Å². The van der Waals surface area contributed by atoms with Crippen LogP contribution < -0.4 is 0 Å². The molecule has 0 amide bonds. The Labute approximate surface area is 363 Å². The number of hydrogen-bond donors (Lipinski definition) is 0. The SMILES string of the molecule is c1ccc(-n2c3ccccc3c3cc(-c4ccc(-c5ccc6cc(-c7ccc8cc(-c9ccc%10c(c9)c9ccccc9c9nccnc%109)ccc8c7)ccc6c5)cc4)ccc32)cc1. The van der Waals surface area contributed by atoms with Crippen molar-refractivity contribution in [2.45, 2.75) is 0 Å². The van der Waals surface area contributed by atoms with E-state index in [9.17, 15) is 0 Å². The quantitative estimate of drug-likeness (QED) is 0.162. The van der Waals surface area contributed by atoms with Gasteiger partial charge in [-0.2, -0.15) is 0 Å². The molecule has 0 saturated heterocycles. The van der Waals surface area contributed by atoms with Crippen LogP contribution in [-0.2, 0) is 0 Å². The van der Waals surface area contributed by atoms with Gasteiger partial charge >= 0.3 is 0 Å². The molecule has 0 N–H and O–H groups in total. The summed E-state index contributed by atoms with van der Waals surface area (Å²) in [5.74, 6) is 0. The molecule has 2 aromatic heterocycles. The number of hydrogen-bond acceptors (Lipinski definition) is 2. The van der Waals surface area contributed by atoms with Gasteiger partial charge in [0.2, 0.25) is 0 Å². The molecule has 0 aliphatic rings. The number of benzene rings is 11. The molecule has 3 heteroatoms. The molecule has 63 heavy (non-hydrogen) atoms. The van der Waals surface area contributed by atoms with Crippen LogP contribution in [0.5, 0.6) is 0 Å². The Bertz CT molecular complexity index is 3920. The number of nitrogens with zero attached hydrogens (tertiary/aromatic N) is 3. The molecule has 0 aliphatic heterocycles. The van der Waals surface area contributed by atoms with Crippen LogP contribution in [0.15, 0.2) is 225 Å². The Kier molecular flexibility index (Phi) is 7.91. The molecule has 0 unspecified atom stereocenters. The lowest BCUT2D eigenvalue weighted by Gasteiger charge is -2.12. The Morgan fingerprint density at radius 1 is 0.254 bits per heavy atom. The normalized spacial score (nSPS) is 11.8. The number of rotatable bonds is 5. The molecular formula is C60H37N3. The van der Waals surface area contributed by atoms with Crippen molar-refractivity contribution in [2.75, 3.05) is 0 Å². The van der Waals surface area contributed by atoms with Crippen molar-refractivity contribution in [3.05, 3.63) is 225 Å². The number of para-hydroxylation sites is 2. The molecule has 0 saturated carbocycles. The average molecular weight is 800 g/mol. The predicted octanol–water partition coefficient (Wildman–Crippen LogP) is 16.0. The lowest BCUT2D eigenvalue weighted by atomic mass is 9.93. The van der Waals surface area contributed by atoms with Crippen molar-refractivity contribution in [2.24, 2.45) is 0 Å². The van der Waals surface area contributed by atoms with Crippen LogP contribution in [0.4, 0.5) is 0 Å². The van der Waals surface area contributed by atoms with E-state index in [-0.39, 0.29) is 0 Å². The maximum Gasteiger partial charge on any atom is 0.0971 e. The third-order valence-electron chi connectivity index (χ3n) is 13.0. The smallest absolute Gasteiger partial charge is 0.0971 e. The second kappa shape index (κ2) is 14.1. The maximum absolute atomic E-state index is 4.74. The van der Waals surface area contributed by atoms with Gasteiger partial charge in [-0.15, -0.1) is 0 Å². The highest BCUT2D eigenvalue weighted by Gasteiger charge is 2.15. The van der Waals surface area contributed by atoms with E-state index in [0.717, 1.165) is 21.8 Å². The number of fused-ring (bicyclic) bond motifs is 11. The zero-order valence-corrected chi connectivity index (χ0v) is 34.2. The topological polar surface area (TPSA) is 30.7 Å². The van der Waals surface area contributed by atoms with E-state index in [1.54, 1.807) is 12.4 Å². The summed E-state index contributed by atoms with van der Waals surface area (Å²) in [6.45, 7) is 0. The molecule has 0 bridgehead atoms. The van der Waals surface area contributed by atoms with Gasteiger partial charge in [0.15, 0.2) is 0 Å². The minimum Gasteiger partial charge on any atom is -0.309 e. The van der Waals surface area contributed by atoms with Crippen LogP contribution in [0, 0.1) is 0 Å². The van der Waals surface area contributed by atoms with E-state index in [2.05, 4.69) is 217 Å². The molecule has 3 nitrogen and oxygen atoms in total. The lowest BCUT2D eigenvalue weighted by molar-refractivity contribution is 1.18. The summed E-state index contributed by atoms with van der Waals surface area (Å²) >= 11 is 0. The standard InChI is InChI=1S/C60H37N3/c1-2-8-50(9-3-1)63-57-13-7-6-11-52(57)56-37-48(27-29-58(56)63)39-16-14-38(15-17-39)40-18-19-42-33-43(21-20-41(42)32-40)44-22-23-46-35-47(25-24-45(46)34-44)49-26-28-54-55(36-49)51-10-4-5-12-53(51)59-60(54)62-31-30-61-59/h1-37H. The van der Waals surface area contributed by atoms with Gasteiger partial charge < -0.3 is 4.57 Å². The molecule has 292 valence electrons. The minimum atomic E-state index is 0.943. The van der Waals surface area contributed by atoms with Crippen molar-refractivity contribution < 1.29 is 0 Å². The highest BCUT2D eigenvalue weighted by atomic mass is 15.0. The lowest BCUT2D eigenvalue weighted by Crippen LogP contribution is -1.92. The second-order valence-corrected chi connectivity index (χ2v) is 16.6. The molecule has 0 spiro atoms. The molecule has 0 aliphatic carbocycles. The Morgan fingerprint density at radius 3 is 1.25 bits per heavy atom. The summed E-state index contributed by atoms with van der Waals surface area (Å²) in [5, 5.41) is 12.1. The summed E-state index contributed by atoms with van der Waals surface area (Å²) in [5.41, 5.74) is 15.2. The monoisotopic (exact) mass is 799 g/mol. The van der Waals surface area contributed by atoms with Gasteiger partial charge in [0, 0.05) is 39.6 Å². The van der Waals surface area contributed by atoms with Gasteiger partial charge in [-0.1, -0.05) is 152 Å². The Hall–Kier alpha value is -8.40. The maximum atomic E-state index is 4.74. The first-order valence-corrected chi connectivity index (χ1v) is 21.5. The first-order valence-electron chi connectivity index (χ1n) is 21.5. The fraction of sp³-hybridized carbons (Fsp3) is 0. The largest absolute Gasteiger partial charge is 0.309 e. The Balaban J connectivity index is 0.776. The van der Waals surface area contributed by atoms with E-state index in [4.69, 9.17) is 9.97 Å². The highest BCUT2D eigenvalue weighted by molar-refractivity contribution is 6.23. The van der Waals surface area contributed by atoms with Gasteiger partial charge in [-0.3, -0.25) is 9.97 Å². The van der Waals surface area contributed by atoms with Gasteiger partial charge in [0.05, 0.1) is 22.1 Å². The fourth-order valence-corrected chi connectivity index (χ4v) is 9.88. The van der Waals surface area contributed by atoms with Crippen LogP contribution in [0.3, 0.4) is 0 Å². The van der Waals surface area contributed by atoms with Crippen molar-refractivity contribution in [3.63, 3.8) is 0 Å². The first kappa shape index (κ1) is 35.4. The van der Waals surface area contributed by atoms with E-state index in [1.165, 1.54) is 104 Å². The van der Waals surface area contributed by atoms with Crippen LogP contribution in [-0.4, -0.2) is 14.5 Å². The van der Waals surface area contributed by atoms with Crippen LogP contribution in [0.25, 0.3) is 126 Å². The van der Waals surface area contributed by atoms with E-state index in [0.29, 0.717) is 0 Å². The number of aromatic nitrogens is 3. The van der Waals surface area contributed by atoms with Crippen molar-refractivity contribution >= 4 is 75.9 Å². The molecule has 0 radical (unpaired) electrons. The van der Waals surface area contributed by atoms with E-state index < -0.39 is 0 Å². The predicted molar refractivity (Wildman–Crippen MR) is 266 cm³/mol. The van der Waals surface area contributed by atoms with E-state index >= 15 is 0 Å². The van der Waals surface area contributed by atoms with Crippen LogP contribution in [0.2, 0.25) is 0 Å². The highest BCUT2D eigenvalue weighted by Crippen LogP contribution is 2.39. The summed E-state index contributed by atoms with van der Waals surface area (Å²) in [7, 11) is 0. The average Bonchev–Trinajstić information content (AvgIpc) is 3.69. The zero-order valence-electron chi connectivity index (χ0n) is 34.2. The summed E-state index contributed by atoms with van der Waals surface area (Å²) in [6, 6.07) is 77.7. The molecule has 0 fully saturated rings. The second-order valence-electron chi connectivity index (χ2n) is 16.6. The van der Waals surface area contributed by atoms with Crippen LogP contribution in [0.1, 0.15) is 0 Å². The molecule has 11 aromatic carbocycles.